The fourth-order valence-corrected chi connectivity index (χ4v) is 0.940. The van der Waals surface area contributed by atoms with Gasteiger partial charge in [-0.05, 0) is 20.5 Å². The van der Waals surface area contributed by atoms with E-state index in [9.17, 15) is 0 Å². The lowest BCUT2D eigenvalue weighted by Crippen LogP contribution is -2.25. The maximum Gasteiger partial charge on any atom is 0.0269 e. The van der Waals surface area contributed by atoms with Crippen LogP contribution in [0.4, 0.5) is 0 Å². The van der Waals surface area contributed by atoms with E-state index >= 15 is 0 Å². The predicted molar refractivity (Wildman–Crippen MR) is 46.9 cm³/mol. The van der Waals surface area contributed by atoms with Crippen molar-refractivity contribution in [3.63, 3.8) is 0 Å². The van der Waals surface area contributed by atoms with Crippen LogP contribution in [0.2, 0.25) is 0 Å². The first-order chi connectivity index (χ1) is 4.72. The van der Waals surface area contributed by atoms with Gasteiger partial charge >= 0.3 is 0 Å². The predicted octanol–water partition coefficient (Wildman–Crippen LogP) is 2.11. The van der Waals surface area contributed by atoms with E-state index in [1.807, 2.05) is 6.08 Å². The second-order valence-corrected chi connectivity index (χ2v) is 2.76. The zero-order valence-corrected chi connectivity index (χ0v) is 7.14. The summed E-state index contributed by atoms with van der Waals surface area (Å²) in [6.45, 7) is 7.57. The van der Waals surface area contributed by atoms with Crippen molar-refractivity contribution in [3.8, 4) is 0 Å². The molecular formula is C9H18N. The van der Waals surface area contributed by atoms with Crippen LogP contribution in [0.25, 0.3) is 0 Å². The zero-order valence-electron chi connectivity index (χ0n) is 7.14. The second-order valence-electron chi connectivity index (χ2n) is 2.76. The third kappa shape index (κ3) is 3.67. The highest BCUT2D eigenvalue weighted by Gasteiger charge is 2.03. The molecule has 0 aliphatic carbocycles. The zero-order chi connectivity index (χ0) is 7.98. The maximum absolute atomic E-state index is 3.80. The Morgan fingerprint density at radius 3 is 2.40 bits per heavy atom. The van der Waals surface area contributed by atoms with Crippen molar-refractivity contribution in [2.24, 2.45) is 0 Å². The van der Waals surface area contributed by atoms with E-state index in [2.05, 4.69) is 32.5 Å². The molecule has 1 heteroatoms. The molecule has 0 aromatic rings. The summed E-state index contributed by atoms with van der Waals surface area (Å²) in [7, 11) is 4.16. The lowest BCUT2D eigenvalue weighted by molar-refractivity contribution is 0.323. The number of rotatable bonds is 5. The fraction of sp³-hybridized carbons (Fsp3) is 0.667. The first-order valence-corrected chi connectivity index (χ1v) is 3.80. The van der Waals surface area contributed by atoms with Gasteiger partial charge in [0.15, 0.2) is 0 Å². The van der Waals surface area contributed by atoms with Crippen LogP contribution in [0.3, 0.4) is 0 Å². The highest BCUT2D eigenvalue weighted by molar-refractivity contribution is 4.84. The molecule has 0 saturated carbocycles. The topological polar surface area (TPSA) is 3.24 Å². The van der Waals surface area contributed by atoms with Gasteiger partial charge < -0.3 is 4.90 Å². The Morgan fingerprint density at radius 1 is 1.50 bits per heavy atom. The molecule has 0 aromatic carbocycles. The monoisotopic (exact) mass is 140 g/mol. The Morgan fingerprint density at radius 2 is 2.10 bits per heavy atom. The molecule has 0 N–H and O–H groups in total. The quantitative estimate of drug-likeness (QED) is 0.529. The molecular weight excluding hydrogens is 122 g/mol. The molecule has 1 unspecified atom stereocenters. The minimum Gasteiger partial charge on any atom is -0.303 e. The molecule has 10 heavy (non-hydrogen) atoms. The molecule has 0 amide bonds. The molecule has 59 valence electrons. The van der Waals surface area contributed by atoms with Gasteiger partial charge in [-0.15, -0.1) is 6.58 Å². The first-order valence-electron chi connectivity index (χ1n) is 3.80. The Bertz CT molecular complexity index is 86.7. The normalized spacial score (nSPS) is 13.6. The van der Waals surface area contributed by atoms with Crippen LogP contribution in [-0.2, 0) is 0 Å². The van der Waals surface area contributed by atoms with Crippen LogP contribution in [0, 0.1) is 6.92 Å². The SMILES string of the molecule is [CH2]CCCC(C=C)N(C)C. The van der Waals surface area contributed by atoms with Crippen LogP contribution in [0.1, 0.15) is 19.3 Å². The van der Waals surface area contributed by atoms with Crippen LogP contribution in [-0.4, -0.2) is 25.0 Å². The third-order valence-electron chi connectivity index (χ3n) is 1.69. The van der Waals surface area contributed by atoms with Gasteiger partial charge in [0.25, 0.3) is 0 Å². The van der Waals surface area contributed by atoms with E-state index in [1.54, 1.807) is 0 Å². The van der Waals surface area contributed by atoms with Gasteiger partial charge in [-0.1, -0.05) is 25.8 Å². The Kier molecular flexibility index (Phi) is 5.32. The highest BCUT2D eigenvalue weighted by atomic mass is 15.1. The van der Waals surface area contributed by atoms with E-state index in [-0.39, 0.29) is 0 Å². The van der Waals surface area contributed by atoms with E-state index < -0.39 is 0 Å². The summed E-state index contributed by atoms with van der Waals surface area (Å²) < 4.78 is 0. The molecule has 0 aliphatic rings. The van der Waals surface area contributed by atoms with E-state index in [1.165, 1.54) is 12.8 Å². The Balaban J connectivity index is 3.50. The molecule has 1 radical (unpaired) electrons. The molecule has 0 fully saturated rings. The average Bonchev–Trinajstić information content (AvgIpc) is 1.89. The van der Waals surface area contributed by atoms with Crippen molar-refractivity contribution < 1.29 is 0 Å². The lowest BCUT2D eigenvalue weighted by Gasteiger charge is -2.19. The summed E-state index contributed by atoms with van der Waals surface area (Å²) in [6, 6.07) is 0.529. The molecule has 0 aliphatic heterocycles. The number of hydrogen-bond donors (Lipinski definition) is 0. The first kappa shape index (κ1) is 9.70. The highest BCUT2D eigenvalue weighted by Crippen LogP contribution is 2.05. The summed E-state index contributed by atoms with van der Waals surface area (Å²) in [4.78, 5) is 2.18. The number of hydrogen-bond acceptors (Lipinski definition) is 1. The van der Waals surface area contributed by atoms with Gasteiger partial charge in [0.05, 0.1) is 0 Å². The number of nitrogens with zero attached hydrogens (tertiary/aromatic N) is 1. The lowest BCUT2D eigenvalue weighted by atomic mass is 10.1. The van der Waals surface area contributed by atoms with Crippen molar-refractivity contribution in [3.05, 3.63) is 19.6 Å². The molecule has 0 saturated heterocycles. The summed E-state index contributed by atoms with van der Waals surface area (Å²) in [5.74, 6) is 0. The van der Waals surface area contributed by atoms with Crippen LogP contribution in [0.15, 0.2) is 12.7 Å². The number of likely N-dealkylation sites (N-methyl/N-ethyl adjacent to an activating group) is 1. The fourth-order valence-electron chi connectivity index (χ4n) is 0.940. The summed E-state index contributed by atoms with van der Waals surface area (Å²) in [5, 5.41) is 0. The molecule has 0 bridgehead atoms. The Labute approximate surface area is 64.7 Å². The minimum atomic E-state index is 0.529. The smallest absolute Gasteiger partial charge is 0.0269 e. The molecule has 0 spiro atoms. The van der Waals surface area contributed by atoms with Gasteiger partial charge in [-0.3, -0.25) is 0 Å². The summed E-state index contributed by atoms with van der Waals surface area (Å²) in [5.41, 5.74) is 0. The van der Waals surface area contributed by atoms with Crippen LogP contribution < -0.4 is 0 Å². The summed E-state index contributed by atoms with van der Waals surface area (Å²) >= 11 is 0. The van der Waals surface area contributed by atoms with Gasteiger partial charge in [-0.2, -0.15) is 0 Å². The van der Waals surface area contributed by atoms with Crippen LogP contribution >= 0.6 is 0 Å². The van der Waals surface area contributed by atoms with Gasteiger partial charge in [0.1, 0.15) is 0 Å². The molecule has 0 rings (SSSR count). The standard InChI is InChI=1S/C9H18N/c1-5-7-8-9(6-2)10(3)4/h6,9H,1-2,5,7-8H2,3-4H3. The largest absolute Gasteiger partial charge is 0.303 e. The van der Waals surface area contributed by atoms with Crippen molar-refractivity contribution in [1.29, 1.82) is 0 Å². The third-order valence-corrected chi connectivity index (χ3v) is 1.69. The van der Waals surface area contributed by atoms with E-state index in [4.69, 9.17) is 0 Å². The van der Waals surface area contributed by atoms with Gasteiger partial charge in [0.2, 0.25) is 0 Å². The molecule has 0 heterocycles. The van der Waals surface area contributed by atoms with E-state index in [0.29, 0.717) is 6.04 Å². The van der Waals surface area contributed by atoms with Crippen molar-refractivity contribution in [2.45, 2.75) is 25.3 Å². The molecule has 0 aromatic heterocycles. The minimum absolute atomic E-state index is 0.529. The number of unbranched alkanes of at least 4 members (excludes halogenated alkanes) is 1. The van der Waals surface area contributed by atoms with Crippen molar-refractivity contribution >= 4 is 0 Å². The van der Waals surface area contributed by atoms with Crippen molar-refractivity contribution in [2.75, 3.05) is 14.1 Å². The summed E-state index contributed by atoms with van der Waals surface area (Å²) in [6.07, 6.45) is 5.39. The average molecular weight is 140 g/mol. The van der Waals surface area contributed by atoms with Gasteiger partial charge in [0, 0.05) is 6.04 Å². The molecule has 1 atom stereocenters. The van der Waals surface area contributed by atoms with Crippen molar-refractivity contribution in [1.82, 2.24) is 4.90 Å². The Hall–Kier alpha value is -0.300. The van der Waals surface area contributed by atoms with E-state index in [0.717, 1.165) is 6.42 Å². The molecule has 1 nitrogen and oxygen atoms in total. The maximum atomic E-state index is 3.80. The van der Waals surface area contributed by atoms with Gasteiger partial charge in [-0.25, -0.2) is 0 Å². The van der Waals surface area contributed by atoms with Crippen LogP contribution in [0.5, 0.6) is 0 Å². The second kappa shape index (κ2) is 5.48.